The van der Waals surface area contributed by atoms with Crippen molar-refractivity contribution >= 4 is 17.0 Å². The maximum Gasteiger partial charge on any atom is 0.206 e. The fraction of sp³-hybridized carbons (Fsp3) is 0. The average molecular weight is 288 g/mol. The fourth-order valence-corrected chi connectivity index (χ4v) is 2.17. The van der Waals surface area contributed by atoms with E-state index < -0.39 is 17.5 Å². The number of anilines is 1. The first-order chi connectivity index (χ1) is 10.0. The van der Waals surface area contributed by atoms with Crippen LogP contribution in [-0.2, 0) is 0 Å². The Labute approximate surface area is 116 Å². The second-order valence-corrected chi connectivity index (χ2v) is 4.28. The van der Waals surface area contributed by atoms with E-state index in [1.807, 2.05) is 0 Å². The Bertz CT molecular complexity index is 909. The number of fused-ring (bicyclic) bond motifs is 1. The SMILES string of the molecule is N#Cc1c(F)cccc1-n1c(N)nc2ccc(F)c(F)c21. The van der Waals surface area contributed by atoms with E-state index in [9.17, 15) is 13.2 Å². The molecule has 104 valence electrons. The average Bonchev–Trinajstić information content (AvgIpc) is 2.79. The molecule has 1 aromatic heterocycles. The van der Waals surface area contributed by atoms with E-state index in [1.54, 1.807) is 6.07 Å². The van der Waals surface area contributed by atoms with Crippen molar-refractivity contribution in [2.45, 2.75) is 0 Å². The van der Waals surface area contributed by atoms with Crippen LogP contribution in [0.1, 0.15) is 5.56 Å². The molecule has 0 atom stereocenters. The van der Waals surface area contributed by atoms with E-state index >= 15 is 0 Å². The van der Waals surface area contributed by atoms with Crippen LogP contribution in [0.15, 0.2) is 30.3 Å². The van der Waals surface area contributed by atoms with Gasteiger partial charge in [0.05, 0.1) is 11.2 Å². The Morgan fingerprint density at radius 2 is 1.86 bits per heavy atom. The number of hydrogen-bond acceptors (Lipinski definition) is 3. The van der Waals surface area contributed by atoms with Crippen molar-refractivity contribution < 1.29 is 13.2 Å². The van der Waals surface area contributed by atoms with E-state index in [-0.39, 0.29) is 28.2 Å². The van der Waals surface area contributed by atoms with Crippen molar-refractivity contribution in [3.8, 4) is 11.8 Å². The summed E-state index contributed by atoms with van der Waals surface area (Å²) >= 11 is 0. The Morgan fingerprint density at radius 3 is 2.57 bits per heavy atom. The molecule has 0 aliphatic carbocycles. The molecule has 0 unspecified atom stereocenters. The highest BCUT2D eigenvalue weighted by atomic mass is 19.2. The molecule has 7 heteroatoms. The van der Waals surface area contributed by atoms with E-state index in [2.05, 4.69) is 4.98 Å². The van der Waals surface area contributed by atoms with Crippen molar-refractivity contribution in [3.05, 3.63) is 53.3 Å². The molecule has 0 radical (unpaired) electrons. The number of rotatable bonds is 1. The van der Waals surface area contributed by atoms with Gasteiger partial charge in [-0.25, -0.2) is 18.2 Å². The summed E-state index contributed by atoms with van der Waals surface area (Å²) in [5.41, 5.74) is 5.25. The molecule has 2 aromatic carbocycles. The number of benzene rings is 2. The second-order valence-electron chi connectivity index (χ2n) is 4.28. The van der Waals surface area contributed by atoms with Crippen LogP contribution in [0.25, 0.3) is 16.7 Å². The van der Waals surface area contributed by atoms with Gasteiger partial charge in [-0.3, -0.25) is 4.57 Å². The Morgan fingerprint density at radius 1 is 1.10 bits per heavy atom. The molecule has 0 amide bonds. The number of imidazole rings is 1. The maximum atomic E-state index is 14.0. The minimum Gasteiger partial charge on any atom is -0.369 e. The van der Waals surface area contributed by atoms with Crippen molar-refractivity contribution in [2.75, 3.05) is 5.73 Å². The van der Waals surface area contributed by atoms with Gasteiger partial charge >= 0.3 is 0 Å². The van der Waals surface area contributed by atoms with Crippen LogP contribution >= 0.6 is 0 Å². The molecule has 0 fully saturated rings. The highest BCUT2D eigenvalue weighted by molar-refractivity contribution is 5.82. The molecule has 0 saturated carbocycles. The molecule has 0 saturated heterocycles. The van der Waals surface area contributed by atoms with Gasteiger partial charge in [0.25, 0.3) is 0 Å². The molecule has 1 heterocycles. The summed E-state index contributed by atoms with van der Waals surface area (Å²) in [7, 11) is 0. The lowest BCUT2D eigenvalue weighted by Gasteiger charge is -2.09. The molecule has 4 nitrogen and oxygen atoms in total. The standard InChI is InChI=1S/C14H7F3N4/c15-8-2-1-3-11(7(8)6-18)21-13-10(20-14(21)19)5-4-9(16)12(13)17/h1-5H,(H2,19,20). The normalized spacial score (nSPS) is 10.8. The highest BCUT2D eigenvalue weighted by Crippen LogP contribution is 2.29. The zero-order valence-corrected chi connectivity index (χ0v) is 10.4. The number of nitrogen functional groups attached to an aromatic ring is 1. The minimum atomic E-state index is -1.16. The number of nitriles is 1. The van der Waals surface area contributed by atoms with E-state index in [1.165, 1.54) is 18.2 Å². The molecular formula is C14H7F3N4. The van der Waals surface area contributed by atoms with Gasteiger partial charge in [0.2, 0.25) is 5.95 Å². The predicted octanol–water partition coefficient (Wildman–Crippen LogP) is 2.90. The number of nitrogens with two attached hydrogens (primary N) is 1. The van der Waals surface area contributed by atoms with Gasteiger partial charge in [0, 0.05) is 0 Å². The molecule has 21 heavy (non-hydrogen) atoms. The van der Waals surface area contributed by atoms with Crippen molar-refractivity contribution in [1.82, 2.24) is 9.55 Å². The molecule has 3 rings (SSSR count). The first kappa shape index (κ1) is 13.0. The monoisotopic (exact) mass is 288 g/mol. The number of halogens is 3. The third-order valence-corrected chi connectivity index (χ3v) is 3.08. The zero-order valence-electron chi connectivity index (χ0n) is 10.4. The number of nitrogens with zero attached hydrogens (tertiary/aromatic N) is 3. The minimum absolute atomic E-state index is 0.00185. The van der Waals surface area contributed by atoms with Crippen LogP contribution in [0.5, 0.6) is 0 Å². The quantitative estimate of drug-likeness (QED) is 0.748. The highest BCUT2D eigenvalue weighted by Gasteiger charge is 2.20. The summed E-state index contributed by atoms with van der Waals surface area (Å²) < 4.78 is 42.2. The summed E-state index contributed by atoms with van der Waals surface area (Å²) in [6, 6.07) is 7.67. The maximum absolute atomic E-state index is 14.0. The number of aromatic nitrogens is 2. The third kappa shape index (κ3) is 1.80. The lowest BCUT2D eigenvalue weighted by atomic mass is 10.1. The van der Waals surface area contributed by atoms with Crippen molar-refractivity contribution in [2.24, 2.45) is 0 Å². The first-order valence-electron chi connectivity index (χ1n) is 5.85. The van der Waals surface area contributed by atoms with Crippen LogP contribution < -0.4 is 5.73 Å². The Balaban J connectivity index is 2.47. The molecule has 2 N–H and O–H groups in total. The molecule has 0 spiro atoms. The van der Waals surface area contributed by atoms with Gasteiger partial charge in [-0.15, -0.1) is 0 Å². The van der Waals surface area contributed by atoms with Crippen molar-refractivity contribution in [3.63, 3.8) is 0 Å². The van der Waals surface area contributed by atoms with Gasteiger partial charge in [0.15, 0.2) is 11.6 Å². The molecule has 0 aliphatic rings. The van der Waals surface area contributed by atoms with Crippen molar-refractivity contribution in [1.29, 1.82) is 5.26 Å². The van der Waals surface area contributed by atoms with E-state index in [4.69, 9.17) is 11.0 Å². The summed E-state index contributed by atoms with van der Waals surface area (Å²) in [5, 5.41) is 9.05. The van der Waals surface area contributed by atoms with Gasteiger partial charge in [-0.1, -0.05) is 6.07 Å². The molecule has 0 bridgehead atoms. The topological polar surface area (TPSA) is 67.6 Å². The Kier molecular flexibility index (Phi) is 2.80. The summed E-state index contributed by atoms with van der Waals surface area (Å²) in [5.74, 6) is -3.20. The largest absolute Gasteiger partial charge is 0.369 e. The van der Waals surface area contributed by atoms with Crippen LogP contribution in [0, 0.1) is 28.8 Å². The molecular weight excluding hydrogens is 281 g/mol. The molecule has 0 aliphatic heterocycles. The van der Waals surface area contributed by atoms with Crippen LogP contribution in [0.2, 0.25) is 0 Å². The van der Waals surface area contributed by atoms with Gasteiger partial charge in [-0.2, -0.15) is 5.26 Å². The summed E-state index contributed by atoms with van der Waals surface area (Å²) in [6.07, 6.45) is 0. The second kappa shape index (κ2) is 4.52. The predicted molar refractivity (Wildman–Crippen MR) is 70.1 cm³/mol. The summed E-state index contributed by atoms with van der Waals surface area (Å²) in [4.78, 5) is 3.90. The van der Waals surface area contributed by atoms with E-state index in [0.29, 0.717) is 0 Å². The zero-order chi connectivity index (χ0) is 15.1. The molecule has 3 aromatic rings. The van der Waals surface area contributed by atoms with Gasteiger partial charge < -0.3 is 5.73 Å². The fourth-order valence-electron chi connectivity index (χ4n) is 2.17. The van der Waals surface area contributed by atoms with Crippen LogP contribution in [0.4, 0.5) is 19.1 Å². The van der Waals surface area contributed by atoms with E-state index in [0.717, 1.165) is 16.7 Å². The lowest BCUT2D eigenvalue weighted by Crippen LogP contribution is -2.05. The van der Waals surface area contributed by atoms with Crippen LogP contribution in [-0.4, -0.2) is 9.55 Å². The Hall–Kier alpha value is -3.01. The lowest BCUT2D eigenvalue weighted by molar-refractivity contribution is 0.514. The third-order valence-electron chi connectivity index (χ3n) is 3.08. The van der Waals surface area contributed by atoms with Gasteiger partial charge in [-0.05, 0) is 24.3 Å². The van der Waals surface area contributed by atoms with Crippen LogP contribution in [0.3, 0.4) is 0 Å². The van der Waals surface area contributed by atoms with Gasteiger partial charge in [0.1, 0.15) is 23.0 Å². The summed E-state index contributed by atoms with van der Waals surface area (Å²) in [6.45, 7) is 0. The number of hydrogen-bond donors (Lipinski definition) is 1. The smallest absolute Gasteiger partial charge is 0.206 e. The first-order valence-corrected chi connectivity index (χ1v) is 5.85.